The fraction of sp³-hybridized carbons (Fsp3) is 0.0833. The van der Waals surface area contributed by atoms with Crippen molar-refractivity contribution in [3.8, 4) is 0 Å². The number of aromatic nitrogens is 1. The Kier molecular flexibility index (Phi) is 2.72. The van der Waals surface area contributed by atoms with Crippen molar-refractivity contribution in [2.45, 2.75) is 0 Å². The Morgan fingerprint density at radius 3 is 2.75 bits per heavy atom. The van der Waals surface area contributed by atoms with Gasteiger partial charge in [0.1, 0.15) is 11.6 Å². The fourth-order valence-corrected chi connectivity index (χ4v) is 1.48. The molecule has 0 saturated carbocycles. The summed E-state index contributed by atoms with van der Waals surface area (Å²) in [6.07, 6.45) is 1.68. The first-order valence-corrected chi connectivity index (χ1v) is 4.88. The van der Waals surface area contributed by atoms with Crippen molar-refractivity contribution in [3.63, 3.8) is 0 Å². The zero-order valence-corrected chi connectivity index (χ0v) is 8.89. The van der Waals surface area contributed by atoms with Gasteiger partial charge in [-0.15, -0.1) is 0 Å². The highest BCUT2D eigenvalue weighted by molar-refractivity contribution is 5.72. The molecule has 4 heteroatoms. The molecule has 1 aromatic heterocycles. The van der Waals surface area contributed by atoms with Gasteiger partial charge in [0, 0.05) is 13.2 Å². The predicted molar refractivity (Wildman–Crippen MR) is 63.1 cm³/mol. The maximum Gasteiger partial charge on any atom is 0.132 e. The molecular weight excluding hydrogens is 205 g/mol. The van der Waals surface area contributed by atoms with Crippen molar-refractivity contribution in [1.29, 1.82) is 0 Å². The van der Waals surface area contributed by atoms with Crippen LogP contribution in [0.1, 0.15) is 0 Å². The van der Waals surface area contributed by atoms with Gasteiger partial charge in [-0.25, -0.2) is 9.37 Å². The van der Waals surface area contributed by atoms with E-state index >= 15 is 0 Å². The van der Waals surface area contributed by atoms with Gasteiger partial charge < -0.3 is 10.6 Å². The van der Waals surface area contributed by atoms with Crippen LogP contribution in [0, 0.1) is 5.82 Å². The van der Waals surface area contributed by atoms with Crippen molar-refractivity contribution in [3.05, 3.63) is 48.4 Å². The topological polar surface area (TPSA) is 42.2 Å². The minimum Gasteiger partial charge on any atom is -0.397 e. The number of nitrogens with two attached hydrogens (primary N) is 1. The molecule has 3 nitrogen and oxygen atoms in total. The van der Waals surface area contributed by atoms with Gasteiger partial charge in [-0.2, -0.15) is 0 Å². The average molecular weight is 217 g/mol. The van der Waals surface area contributed by atoms with Gasteiger partial charge in [-0.05, 0) is 30.3 Å². The second-order valence-corrected chi connectivity index (χ2v) is 3.45. The van der Waals surface area contributed by atoms with E-state index in [0.29, 0.717) is 11.4 Å². The molecule has 0 spiro atoms. The van der Waals surface area contributed by atoms with Gasteiger partial charge in [0.2, 0.25) is 0 Å². The van der Waals surface area contributed by atoms with E-state index in [-0.39, 0.29) is 5.82 Å². The second kappa shape index (κ2) is 4.18. The van der Waals surface area contributed by atoms with Crippen molar-refractivity contribution in [1.82, 2.24) is 4.98 Å². The summed E-state index contributed by atoms with van der Waals surface area (Å²) < 4.78 is 13.1. The monoisotopic (exact) mass is 217 g/mol. The number of hydrogen-bond acceptors (Lipinski definition) is 3. The number of benzene rings is 1. The van der Waals surface area contributed by atoms with E-state index in [0.717, 1.165) is 5.82 Å². The van der Waals surface area contributed by atoms with Crippen LogP contribution in [0.4, 0.5) is 21.6 Å². The lowest BCUT2D eigenvalue weighted by atomic mass is 10.2. The van der Waals surface area contributed by atoms with Crippen molar-refractivity contribution in [2.24, 2.45) is 0 Å². The summed E-state index contributed by atoms with van der Waals surface area (Å²) >= 11 is 0. The smallest absolute Gasteiger partial charge is 0.132 e. The van der Waals surface area contributed by atoms with Crippen molar-refractivity contribution in [2.75, 3.05) is 17.7 Å². The Morgan fingerprint density at radius 1 is 1.25 bits per heavy atom. The molecule has 0 unspecified atom stereocenters. The van der Waals surface area contributed by atoms with Gasteiger partial charge in [-0.1, -0.05) is 6.07 Å². The molecule has 0 aliphatic carbocycles. The first kappa shape index (κ1) is 10.4. The maximum atomic E-state index is 13.1. The lowest BCUT2D eigenvalue weighted by molar-refractivity contribution is 0.628. The molecule has 2 N–H and O–H groups in total. The molecule has 1 aromatic carbocycles. The van der Waals surface area contributed by atoms with Crippen LogP contribution in [-0.2, 0) is 0 Å². The Morgan fingerprint density at radius 2 is 2.06 bits per heavy atom. The highest BCUT2D eigenvalue weighted by Gasteiger charge is 2.08. The zero-order chi connectivity index (χ0) is 11.5. The van der Waals surface area contributed by atoms with E-state index in [2.05, 4.69) is 4.98 Å². The number of nitrogens with zero attached hydrogens (tertiary/aromatic N) is 2. The molecule has 2 rings (SSSR count). The predicted octanol–water partition coefficient (Wildman–Crippen LogP) is 2.57. The summed E-state index contributed by atoms with van der Waals surface area (Å²) in [6.45, 7) is 0. The normalized spacial score (nSPS) is 10.1. The molecular formula is C12H12FN3. The molecule has 0 fully saturated rings. The molecule has 0 radical (unpaired) electrons. The van der Waals surface area contributed by atoms with Crippen LogP contribution in [0.3, 0.4) is 0 Å². The van der Waals surface area contributed by atoms with E-state index in [1.165, 1.54) is 12.1 Å². The number of anilines is 3. The van der Waals surface area contributed by atoms with Crippen molar-refractivity contribution >= 4 is 17.2 Å². The number of rotatable bonds is 2. The Bertz CT molecular complexity index is 485. The maximum absolute atomic E-state index is 13.1. The van der Waals surface area contributed by atoms with Crippen molar-refractivity contribution < 1.29 is 4.39 Å². The third-order valence-electron chi connectivity index (χ3n) is 2.35. The summed E-state index contributed by atoms with van der Waals surface area (Å²) in [4.78, 5) is 5.92. The SMILES string of the molecule is CN(c1ccccn1)c1cc(F)ccc1N. The molecule has 16 heavy (non-hydrogen) atoms. The molecule has 0 bridgehead atoms. The summed E-state index contributed by atoms with van der Waals surface area (Å²) in [6, 6.07) is 9.81. The standard InChI is InChI=1S/C12H12FN3/c1-16(12-4-2-3-7-15-12)11-8-9(13)5-6-10(11)14/h2-8H,14H2,1H3. The molecule has 1 heterocycles. The van der Waals surface area contributed by atoms with E-state index < -0.39 is 0 Å². The summed E-state index contributed by atoms with van der Waals surface area (Å²) in [5.41, 5.74) is 6.92. The third-order valence-corrected chi connectivity index (χ3v) is 2.35. The Labute approximate surface area is 93.3 Å². The van der Waals surface area contributed by atoms with Gasteiger partial charge in [0.25, 0.3) is 0 Å². The van der Waals surface area contributed by atoms with Gasteiger partial charge >= 0.3 is 0 Å². The minimum absolute atomic E-state index is 0.313. The van der Waals surface area contributed by atoms with Gasteiger partial charge in [0.05, 0.1) is 11.4 Å². The van der Waals surface area contributed by atoms with Crippen LogP contribution in [0.25, 0.3) is 0 Å². The van der Waals surface area contributed by atoms with Crippen LogP contribution in [0.5, 0.6) is 0 Å². The molecule has 0 aliphatic rings. The minimum atomic E-state index is -0.313. The molecule has 0 saturated heterocycles. The highest BCUT2D eigenvalue weighted by Crippen LogP contribution is 2.27. The summed E-state index contributed by atoms with van der Waals surface area (Å²) in [5.74, 6) is 0.409. The lowest BCUT2D eigenvalue weighted by Gasteiger charge is -2.19. The Balaban J connectivity index is 2.41. The molecule has 82 valence electrons. The van der Waals surface area contributed by atoms with Gasteiger partial charge in [-0.3, -0.25) is 0 Å². The summed E-state index contributed by atoms with van der Waals surface area (Å²) in [5, 5.41) is 0. The highest BCUT2D eigenvalue weighted by atomic mass is 19.1. The van der Waals surface area contributed by atoms with E-state index in [9.17, 15) is 4.39 Å². The molecule has 0 atom stereocenters. The zero-order valence-electron chi connectivity index (χ0n) is 8.89. The lowest BCUT2D eigenvalue weighted by Crippen LogP contribution is -2.13. The molecule has 2 aromatic rings. The van der Waals surface area contributed by atoms with Crippen LogP contribution in [0.2, 0.25) is 0 Å². The van der Waals surface area contributed by atoms with Crippen LogP contribution in [-0.4, -0.2) is 12.0 Å². The average Bonchev–Trinajstić information content (AvgIpc) is 2.32. The number of halogens is 1. The fourth-order valence-electron chi connectivity index (χ4n) is 1.48. The van der Waals surface area contributed by atoms with E-state index in [1.54, 1.807) is 24.2 Å². The van der Waals surface area contributed by atoms with Crippen LogP contribution in [0.15, 0.2) is 42.6 Å². The van der Waals surface area contributed by atoms with Crippen LogP contribution < -0.4 is 10.6 Å². The molecule has 0 aliphatic heterocycles. The third kappa shape index (κ3) is 1.95. The van der Waals surface area contributed by atoms with Gasteiger partial charge in [0.15, 0.2) is 0 Å². The second-order valence-electron chi connectivity index (χ2n) is 3.45. The number of hydrogen-bond donors (Lipinski definition) is 1. The first-order valence-electron chi connectivity index (χ1n) is 4.88. The quantitative estimate of drug-likeness (QED) is 0.786. The Hall–Kier alpha value is -2.10. The summed E-state index contributed by atoms with van der Waals surface area (Å²) in [7, 11) is 1.80. The molecule has 0 amide bonds. The number of pyridine rings is 1. The largest absolute Gasteiger partial charge is 0.397 e. The first-order chi connectivity index (χ1) is 7.68. The van der Waals surface area contributed by atoms with Crippen LogP contribution >= 0.6 is 0 Å². The number of nitrogen functional groups attached to an aromatic ring is 1. The van der Waals surface area contributed by atoms with E-state index in [4.69, 9.17) is 5.73 Å². The van der Waals surface area contributed by atoms with E-state index in [1.807, 2.05) is 18.2 Å².